The summed E-state index contributed by atoms with van der Waals surface area (Å²) in [5, 5.41) is 10.4. The van der Waals surface area contributed by atoms with Gasteiger partial charge in [0.25, 0.3) is 5.56 Å². The van der Waals surface area contributed by atoms with Crippen molar-refractivity contribution < 1.29 is 0 Å². The van der Waals surface area contributed by atoms with Crippen molar-refractivity contribution in [3.8, 4) is 11.3 Å². The SMILES string of the molecule is CN1CCN(c2ccc(Nc3ncc4c(=O)[nH]nc(-c5ccccc5)c4n3)cc2)CC1. The van der Waals surface area contributed by atoms with E-state index in [-0.39, 0.29) is 5.56 Å². The van der Waals surface area contributed by atoms with Crippen molar-refractivity contribution in [1.29, 1.82) is 0 Å². The van der Waals surface area contributed by atoms with Gasteiger partial charge in [0.05, 0.1) is 5.39 Å². The van der Waals surface area contributed by atoms with E-state index < -0.39 is 0 Å². The van der Waals surface area contributed by atoms with Crippen molar-refractivity contribution in [3.05, 3.63) is 71.1 Å². The zero-order chi connectivity index (χ0) is 21.2. The second kappa shape index (κ2) is 8.16. The first-order valence-corrected chi connectivity index (χ1v) is 10.3. The number of rotatable bonds is 4. The quantitative estimate of drug-likeness (QED) is 0.532. The Balaban J connectivity index is 1.42. The van der Waals surface area contributed by atoms with Crippen molar-refractivity contribution in [3.63, 3.8) is 0 Å². The molecule has 2 aromatic carbocycles. The third-order valence-electron chi connectivity index (χ3n) is 5.57. The molecular weight excluding hydrogens is 390 g/mol. The molecule has 0 bridgehead atoms. The third kappa shape index (κ3) is 3.97. The number of piperazine rings is 1. The maximum absolute atomic E-state index is 12.2. The summed E-state index contributed by atoms with van der Waals surface area (Å²) in [6.07, 6.45) is 1.54. The predicted molar refractivity (Wildman–Crippen MR) is 123 cm³/mol. The first kappa shape index (κ1) is 19.2. The Morgan fingerprint density at radius 1 is 0.968 bits per heavy atom. The lowest BCUT2D eigenvalue weighted by atomic mass is 10.1. The molecule has 31 heavy (non-hydrogen) atoms. The maximum Gasteiger partial charge on any atom is 0.275 e. The van der Waals surface area contributed by atoms with Gasteiger partial charge in [-0.1, -0.05) is 30.3 Å². The summed E-state index contributed by atoms with van der Waals surface area (Å²) < 4.78 is 0. The minimum Gasteiger partial charge on any atom is -0.369 e. The van der Waals surface area contributed by atoms with Gasteiger partial charge in [0, 0.05) is 49.3 Å². The van der Waals surface area contributed by atoms with Gasteiger partial charge in [-0.3, -0.25) is 4.79 Å². The number of hydrogen-bond donors (Lipinski definition) is 2. The largest absolute Gasteiger partial charge is 0.369 e. The van der Waals surface area contributed by atoms with E-state index in [1.54, 1.807) is 0 Å². The molecule has 0 aliphatic carbocycles. The van der Waals surface area contributed by atoms with Gasteiger partial charge < -0.3 is 15.1 Å². The van der Waals surface area contributed by atoms with Crippen LogP contribution in [0.3, 0.4) is 0 Å². The van der Waals surface area contributed by atoms with Crippen LogP contribution in [0.15, 0.2) is 65.6 Å². The molecule has 8 nitrogen and oxygen atoms in total. The molecule has 0 amide bonds. The summed E-state index contributed by atoms with van der Waals surface area (Å²) >= 11 is 0. The first-order valence-electron chi connectivity index (χ1n) is 10.3. The molecule has 0 saturated carbocycles. The van der Waals surface area contributed by atoms with E-state index in [4.69, 9.17) is 0 Å². The maximum atomic E-state index is 12.2. The van der Waals surface area contributed by atoms with Crippen molar-refractivity contribution >= 4 is 28.2 Å². The van der Waals surface area contributed by atoms with Gasteiger partial charge in [0.15, 0.2) is 0 Å². The van der Waals surface area contributed by atoms with E-state index in [0.717, 1.165) is 37.4 Å². The summed E-state index contributed by atoms with van der Waals surface area (Å²) in [6, 6.07) is 17.9. The number of H-pyrrole nitrogens is 1. The van der Waals surface area contributed by atoms with Crippen molar-refractivity contribution in [1.82, 2.24) is 25.1 Å². The van der Waals surface area contributed by atoms with Crippen LogP contribution in [-0.2, 0) is 0 Å². The number of nitrogens with one attached hydrogen (secondary N) is 2. The standard InChI is InChI=1S/C23H23N7O/c1-29-11-13-30(14-12-29)18-9-7-17(8-10-18)25-23-24-15-19-21(26-23)20(27-28-22(19)31)16-5-3-2-4-6-16/h2-10,15H,11-14H2,1H3,(H,28,31)(H,24,25,26). The predicted octanol–water partition coefficient (Wildman–Crippen LogP) is 2.88. The van der Waals surface area contributed by atoms with Crippen LogP contribution in [0.25, 0.3) is 22.2 Å². The highest BCUT2D eigenvalue weighted by Gasteiger charge is 2.15. The lowest BCUT2D eigenvalue weighted by Crippen LogP contribution is -2.44. The molecule has 0 atom stereocenters. The molecule has 8 heteroatoms. The van der Waals surface area contributed by atoms with E-state index >= 15 is 0 Å². The second-order valence-corrected chi connectivity index (χ2v) is 7.69. The van der Waals surface area contributed by atoms with Gasteiger partial charge in [0.1, 0.15) is 11.2 Å². The van der Waals surface area contributed by atoms with Crippen LogP contribution in [0.4, 0.5) is 17.3 Å². The van der Waals surface area contributed by atoms with E-state index in [0.29, 0.717) is 22.5 Å². The van der Waals surface area contributed by atoms with E-state index in [1.165, 1.54) is 11.9 Å². The zero-order valence-corrected chi connectivity index (χ0v) is 17.2. The minimum absolute atomic E-state index is 0.308. The Hall–Kier alpha value is -3.78. The molecule has 2 N–H and O–H groups in total. The fourth-order valence-electron chi connectivity index (χ4n) is 3.76. The number of hydrogen-bond acceptors (Lipinski definition) is 7. The molecule has 1 fully saturated rings. The van der Waals surface area contributed by atoms with Crippen molar-refractivity contribution in [2.24, 2.45) is 0 Å². The summed E-state index contributed by atoms with van der Waals surface area (Å²) in [7, 11) is 2.15. The average Bonchev–Trinajstić information content (AvgIpc) is 2.81. The Morgan fingerprint density at radius 2 is 1.71 bits per heavy atom. The lowest BCUT2D eigenvalue weighted by Gasteiger charge is -2.34. The monoisotopic (exact) mass is 413 g/mol. The van der Waals surface area contributed by atoms with Crippen LogP contribution in [0, 0.1) is 0 Å². The fraction of sp³-hybridized carbons (Fsp3) is 0.217. The summed E-state index contributed by atoms with van der Waals surface area (Å²) in [4.78, 5) is 25.9. The number of aromatic amines is 1. The first-order chi connectivity index (χ1) is 15.2. The van der Waals surface area contributed by atoms with Gasteiger partial charge in [-0.15, -0.1) is 0 Å². The van der Waals surface area contributed by atoms with Crippen LogP contribution in [0.2, 0.25) is 0 Å². The lowest BCUT2D eigenvalue weighted by molar-refractivity contribution is 0.313. The highest BCUT2D eigenvalue weighted by atomic mass is 16.1. The number of benzene rings is 2. The Kier molecular flexibility index (Phi) is 5.05. The van der Waals surface area contributed by atoms with Crippen LogP contribution < -0.4 is 15.8 Å². The average molecular weight is 413 g/mol. The number of aromatic nitrogens is 4. The number of fused-ring (bicyclic) bond motifs is 1. The minimum atomic E-state index is -0.308. The molecule has 3 heterocycles. The number of nitrogens with zero attached hydrogens (tertiary/aromatic N) is 5. The molecule has 2 aromatic heterocycles. The van der Waals surface area contributed by atoms with Crippen LogP contribution in [-0.4, -0.2) is 58.3 Å². The van der Waals surface area contributed by atoms with Gasteiger partial charge in [-0.25, -0.2) is 15.1 Å². The summed E-state index contributed by atoms with van der Waals surface area (Å²) in [6.45, 7) is 4.20. The van der Waals surface area contributed by atoms with E-state index in [9.17, 15) is 4.79 Å². The molecule has 0 spiro atoms. The highest BCUT2D eigenvalue weighted by molar-refractivity contribution is 5.90. The van der Waals surface area contributed by atoms with Gasteiger partial charge in [-0.05, 0) is 31.3 Å². The van der Waals surface area contributed by atoms with Crippen molar-refractivity contribution in [2.75, 3.05) is 43.4 Å². The molecule has 4 aromatic rings. The normalized spacial score (nSPS) is 14.7. The molecule has 1 saturated heterocycles. The second-order valence-electron chi connectivity index (χ2n) is 7.69. The number of likely N-dealkylation sites (N-methyl/N-ethyl adjacent to an activating group) is 1. The molecule has 5 rings (SSSR count). The fourth-order valence-corrected chi connectivity index (χ4v) is 3.76. The summed E-state index contributed by atoms with van der Waals surface area (Å²) in [5.41, 5.74) is 3.80. The smallest absolute Gasteiger partial charge is 0.275 e. The van der Waals surface area contributed by atoms with Crippen molar-refractivity contribution in [2.45, 2.75) is 0 Å². The molecule has 156 valence electrons. The Bertz CT molecular complexity index is 1250. The van der Waals surface area contributed by atoms with Crippen LogP contribution >= 0.6 is 0 Å². The topological polar surface area (TPSA) is 90.0 Å². The van der Waals surface area contributed by atoms with Gasteiger partial charge >= 0.3 is 0 Å². The number of anilines is 3. The Morgan fingerprint density at radius 3 is 2.45 bits per heavy atom. The van der Waals surface area contributed by atoms with Gasteiger partial charge in [0.2, 0.25) is 5.95 Å². The molecule has 1 aliphatic heterocycles. The van der Waals surface area contributed by atoms with Crippen LogP contribution in [0.1, 0.15) is 0 Å². The van der Waals surface area contributed by atoms with E-state index in [1.807, 2.05) is 42.5 Å². The molecular formula is C23H23N7O. The highest BCUT2D eigenvalue weighted by Crippen LogP contribution is 2.25. The molecule has 0 unspecified atom stereocenters. The molecule has 0 radical (unpaired) electrons. The van der Waals surface area contributed by atoms with Crippen LogP contribution in [0.5, 0.6) is 0 Å². The summed E-state index contributed by atoms with van der Waals surface area (Å²) in [5.74, 6) is 0.421. The Labute approximate surface area is 179 Å². The third-order valence-corrected chi connectivity index (χ3v) is 5.57. The van der Waals surface area contributed by atoms with E-state index in [2.05, 4.69) is 54.5 Å². The zero-order valence-electron chi connectivity index (χ0n) is 17.2. The van der Waals surface area contributed by atoms with Gasteiger partial charge in [-0.2, -0.15) is 5.10 Å². The molecule has 1 aliphatic rings.